The molecule has 6 nitrogen and oxygen atoms in total. The Labute approximate surface area is 157 Å². The van der Waals surface area contributed by atoms with E-state index in [-0.39, 0.29) is 5.91 Å². The van der Waals surface area contributed by atoms with Gasteiger partial charge in [-0.15, -0.1) is 11.8 Å². The summed E-state index contributed by atoms with van der Waals surface area (Å²) in [6, 6.07) is 7.83. The average molecular weight is 372 g/mol. The van der Waals surface area contributed by atoms with Gasteiger partial charge >= 0.3 is 0 Å². The molecule has 1 spiro atoms. The van der Waals surface area contributed by atoms with Crippen LogP contribution in [0.3, 0.4) is 0 Å². The Morgan fingerprint density at radius 3 is 2.65 bits per heavy atom. The van der Waals surface area contributed by atoms with E-state index in [4.69, 9.17) is 4.52 Å². The van der Waals surface area contributed by atoms with Crippen molar-refractivity contribution in [2.45, 2.75) is 36.8 Å². The first kappa shape index (κ1) is 17.5. The zero-order valence-electron chi connectivity index (χ0n) is 15.0. The standard InChI is InChI=1S/C19H24N4O2S/c1-14-21-17(25-22-14)12-26-16-4-2-15(3-5-16)18(24)23-10-7-19(8-11-23)6-9-20-13-19/h2-5,20H,6-13H2,1H3. The third kappa shape index (κ3) is 3.78. The molecule has 1 N–H and O–H groups in total. The predicted octanol–water partition coefficient (Wildman–Crippen LogP) is 2.89. The van der Waals surface area contributed by atoms with Crippen LogP contribution in [0.5, 0.6) is 0 Å². The van der Waals surface area contributed by atoms with Crippen molar-refractivity contribution in [2.24, 2.45) is 5.41 Å². The molecule has 138 valence electrons. The van der Waals surface area contributed by atoms with Gasteiger partial charge in [0.25, 0.3) is 5.91 Å². The molecule has 0 radical (unpaired) electrons. The number of aryl methyl sites for hydroxylation is 1. The molecule has 2 fully saturated rings. The van der Waals surface area contributed by atoms with Crippen molar-refractivity contribution >= 4 is 17.7 Å². The van der Waals surface area contributed by atoms with Gasteiger partial charge in [0, 0.05) is 30.1 Å². The van der Waals surface area contributed by atoms with Crippen molar-refractivity contribution in [3.05, 3.63) is 41.5 Å². The second kappa shape index (κ2) is 7.40. The van der Waals surface area contributed by atoms with Gasteiger partial charge in [-0.1, -0.05) is 5.16 Å². The number of hydrogen-bond donors (Lipinski definition) is 1. The summed E-state index contributed by atoms with van der Waals surface area (Å²) in [5, 5.41) is 7.26. The van der Waals surface area contributed by atoms with E-state index in [0.717, 1.165) is 49.5 Å². The van der Waals surface area contributed by atoms with Gasteiger partial charge in [-0.2, -0.15) is 4.98 Å². The number of amides is 1. The highest BCUT2D eigenvalue weighted by atomic mass is 32.2. The number of hydrogen-bond acceptors (Lipinski definition) is 6. The fraction of sp³-hybridized carbons (Fsp3) is 0.526. The van der Waals surface area contributed by atoms with E-state index in [2.05, 4.69) is 15.5 Å². The minimum absolute atomic E-state index is 0.148. The molecule has 2 saturated heterocycles. The van der Waals surface area contributed by atoms with Crippen LogP contribution in [-0.2, 0) is 5.75 Å². The van der Waals surface area contributed by atoms with Gasteiger partial charge in [-0.3, -0.25) is 4.79 Å². The summed E-state index contributed by atoms with van der Waals surface area (Å²) in [7, 11) is 0. The van der Waals surface area contributed by atoms with Crippen LogP contribution in [0.25, 0.3) is 0 Å². The Morgan fingerprint density at radius 2 is 2.04 bits per heavy atom. The topological polar surface area (TPSA) is 71.3 Å². The van der Waals surface area contributed by atoms with Crippen molar-refractivity contribution in [3.8, 4) is 0 Å². The van der Waals surface area contributed by atoms with Crippen LogP contribution in [-0.4, -0.2) is 47.1 Å². The molecule has 1 aromatic heterocycles. The van der Waals surface area contributed by atoms with Gasteiger partial charge < -0.3 is 14.7 Å². The van der Waals surface area contributed by atoms with Gasteiger partial charge in [0.1, 0.15) is 0 Å². The molecule has 4 rings (SSSR count). The maximum absolute atomic E-state index is 12.8. The van der Waals surface area contributed by atoms with Crippen molar-refractivity contribution in [1.29, 1.82) is 0 Å². The quantitative estimate of drug-likeness (QED) is 0.832. The summed E-state index contributed by atoms with van der Waals surface area (Å²) in [6.07, 6.45) is 3.48. The molecule has 1 amide bonds. The normalized spacial score (nSPS) is 19.2. The van der Waals surface area contributed by atoms with Crippen LogP contribution in [0.2, 0.25) is 0 Å². The van der Waals surface area contributed by atoms with E-state index in [0.29, 0.717) is 22.9 Å². The van der Waals surface area contributed by atoms with Crippen LogP contribution < -0.4 is 5.32 Å². The lowest BCUT2D eigenvalue weighted by Crippen LogP contribution is -2.44. The first-order chi connectivity index (χ1) is 12.6. The minimum atomic E-state index is 0.148. The summed E-state index contributed by atoms with van der Waals surface area (Å²) < 4.78 is 5.12. The second-order valence-electron chi connectivity index (χ2n) is 7.27. The first-order valence-corrected chi connectivity index (χ1v) is 10.1. The molecular weight excluding hydrogens is 348 g/mol. The van der Waals surface area contributed by atoms with Crippen LogP contribution in [0.15, 0.2) is 33.7 Å². The average Bonchev–Trinajstić information content (AvgIpc) is 3.30. The first-order valence-electron chi connectivity index (χ1n) is 9.16. The smallest absolute Gasteiger partial charge is 0.253 e. The largest absolute Gasteiger partial charge is 0.339 e. The number of rotatable bonds is 4. The van der Waals surface area contributed by atoms with Crippen molar-refractivity contribution in [3.63, 3.8) is 0 Å². The van der Waals surface area contributed by atoms with Crippen molar-refractivity contribution in [1.82, 2.24) is 20.4 Å². The number of thioether (sulfide) groups is 1. The summed E-state index contributed by atoms with van der Waals surface area (Å²) >= 11 is 1.63. The van der Waals surface area contributed by atoms with Gasteiger partial charge in [0.15, 0.2) is 5.82 Å². The number of carbonyl (C=O) groups excluding carboxylic acids is 1. The molecule has 0 atom stereocenters. The van der Waals surface area contributed by atoms with Gasteiger partial charge in [0.05, 0.1) is 5.75 Å². The molecule has 0 aliphatic carbocycles. The Kier molecular flexibility index (Phi) is 5.00. The van der Waals surface area contributed by atoms with E-state index < -0.39 is 0 Å². The highest BCUT2D eigenvalue weighted by Gasteiger charge is 2.38. The Bertz CT molecular complexity index is 758. The lowest BCUT2D eigenvalue weighted by atomic mass is 9.78. The molecule has 3 heterocycles. The predicted molar refractivity (Wildman–Crippen MR) is 100 cm³/mol. The lowest BCUT2D eigenvalue weighted by Gasteiger charge is -2.38. The van der Waals surface area contributed by atoms with E-state index in [1.54, 1.807) is 11.8 Å². The number of benzene rings is 1. The van der Waals surface area contributed by atoms with E-state index in [1.165, 1.54) is 6.42 Å². The van der Waals surface area contributed by atoms with Crippen molar-refractivity contribution < 1.29 is 9.32 Å². The number of carbonyl (C=O) groups is 1. The van der Waals surface area contributed by atoms with Gasteiger partial charge in [-0.25, -0.2) is 0 Å². The maximum Gasteiger partial charge on any atom is 0.253 e. The summed E-state index contributed by atoms with van der Waals surface area (Å²) in [5.41, 5.74) is 1.20. The fourth-order valence-corrected chi connectivity index (χ4v) is 4.56. The highest BCUT2D eigenvalue weighted by molar-refractivity contribution is 7.98. The molecule has 0 unspecified atom stereocenters. The molecule has 1 aromatic carbocycles. The SMILES string of the molecule is Cc1noc(CSc2ccc(C(=O)N3CCC4(CCNC4)CC3)cc2)n1. The third-order valence-electron chi connectivity index (χ3n) is 5.48. The van der Waals surface area contributed by atoms with Gasteiger partial charge in [-0.05, 0) is 62.4 Å². The summed E-state index contributed by atoms with van der Waals surface area (Å²) in [4.78, 5) is 20.1. The molecular formula is C19H24N4O2S. The zero-order chi connectivity index (χ0) is 18.0. The Hall–Kier alpha value is -1.86. The molecule has 2 aliphatic heterocycles. The molecule has 2 aliphatic rings. The molecule has 0 saturated carbocycles. The lowest BCUT2D eigenvalue weighted by molar-refractivity contribution is 0.0607. The summed E-state index contributed by atoms with van der Waals surface area (Å²) in [6.45, 7) is 5.78. The number of aromatic nitrogens is 2. The van der Waals surface area contributed by atoms with Crippen LogP contribution >= 0.6 is 11.8 Å². The number of likely N-dealkylation sites (tertiary alicyclic amines) is 1. The Balaban J connectivity index is 1.32. The monoisotopic (exact) mass is 372 g/mol. The van der Waals surface area contributed by atoms with Gasteiger partial charge in [0.2, 0.25) is 5.89 Å². The number of piperidine rings is 1. The zero-order valence-corrected chi connectivity index (χ0v) is 15.8. The number of nitrogens with one attached hydrogen (secondary N) is 1. The van der Waals surface area contributed by atoms with Crippen molar-refractivity contribution in [2.75, 3.05) is 26.2 Å². The van der Waals surface area contributed by atoms with Crippen LogP contribution in [0.1, 0.15) is 41.3 Å². The minimum Gasteiger partial charge on any atom is -0.339 e. The second-order valence-corrected chi connectivity index (χ2v) is 8.32. The number of nitrogens with zero attached hydrogens (tertiary/aromatic N) is 3. The highest BCUT2D eigenvalue weighted by Crippen LogP contribution is 2.37. The van der Waals surface area contributed by atoms with E-state index in [1.807, 2.05) is 36.1 Å². The molecule has 7 heteroatoms. The van der Waals surface area contributed by atoms with E-state index >= 15 is 0 Å². The van der Waals surface area contributed by atoms with Crippen LogP contribution in [0.4, 0.5) is 0 Å². The van der Waals surface area contributed by atoms with Crippen LogP contribution in [0, 0.1) is 12.3 Å². The molecule has 2 aromatic rings. The third-order valence-corrected chi connectivity index (χ3v) is 6.47. The summed E-state index contributed by atoms with van der Waals surface area (Å²) in [5.74, 6) is 2.06. The Morgan fingerprint density at radius 1 is 1.27 bits per heavy atom. The maximum atomic E-state index is 12.8. The fourth-order valence-electron chi connectivity index (χ4n) is 3.83. The van der Waals surface area contributed by atoms with E-state index in [9.17, 15) is 4.79 Å². The molecule has 26 heavy (non-hydrogen) atoms. The molecule has 0 bridgehead atoms.